The van der Waals surface area contributed by atoms with Crippen molar-refractivity contribution < 1.29 is 14.0 Å². The Hall–Kier alpha value is -2.58. The number of thiazole rings is 1. The van der Waals surface area contributed by atoms with Crippen LogP contribution < -0.4 is 10.6 Å². The van der Waals surface area contributed by atoms with Crippen LogP contribution in [0, 0.1) is 5.82 Å². The van der Waals surface area contributed by atoms with Gasteiger partial charge >= 0.3 is 0 Å². The van der Waals surface area contributed by atoms with Crippen molar-refractivity contribution in [1.29, 1.82) is 0 Å². The number of carbonyl (C=O) groups excluding carboxylic acids is 2. The fourth-order valence-corrected chi connectivity index (χ4v) is 4.10. The highest BCUT2D eigenvalue weighted by Crippen LogP contribution is 2.34. The summed E-state index contributed by atoms with van der Waals surface area (Å²) in [6.45, 7) is 0. The van der Waals surface area contributed by atoms with Crippen molar-refractivity contribution >= 4 is 49.9 Å². The molecule has 27 heavy (non-hydrogen) atoms. The number of hydrogen-bond donors (Lipinski definition) is 2. The summed E-state index contributed by atoms with van der Waals surface area (Å²) in [5.74, 6) is -1.81. The zero-order valence-electron chi connectivity index (χ0n) is 13.8. The summed E-state index contributed by atoms with van der Waals surface area (Å²) in [6, 6.07) is 11.7. The zero-order chi connectivity index (χ0) is 19.0. The van der Waals surface area contributed by atoms with E-state index in [-0.39, 0.29) is 18.2 Å². The summed E-state index contributed by atoms with van der Waals surface area (Å²) in [6.07, 6.45) is 0.00826. The maximum atomic E-state index is 13.4. The highest BCUT2D eigenvalue weighted by molar-refractivity contribution is 9.10. The van der Waals surface area contributed by atoms with E-state index in [4.69, 9.17) is 0 Å². The molecular weight excluding hydrogens is 433 g/mol. The lowest BCUT2D eigenvalue weighted by Gasteiger charge is -2.24. The molecule has 3 aromatic rings. The van der Waals surface area contributed by atoms with E-state index in [0.717, 1.165) is 15.7 Å². The van der Waals surface area contributed by atoms with Crippen molar-refractivity contribution in [1.82, 2.24) is 4.98 Å². The maximum Gasteiger partial charge on any atom is 0.234 e. The summed E-state index contributed by atoms with van der Waals surface area (Å²) < 4.78 is 14.4. The molecule has 0 radical (unpaired) electrons. The van der Waals surface area contributed by atoms with Gasteiger partial charge in [-0.3, -0.25) is 9.59 Å². The SMILES string of the molecule is O=C1CC(C(=O)Nc2nc(-c3cccc(Br)c3)cs2)c2ccc(F)cc2N1. The third-order valence-corrected chi connectivity index (χ3v) is 5.48. The van der Waals surface area contributed by atoms with Crippen molar-refractivity contribution in [3.63, 3.8) is 0 Å². The summed E-state index contributed by atoms with van der Waals surface area (Å²) in [7, 11) is 0. The summed E-state index contributed by atoms with van der Waals surface area (Å²) in [5.41, 5.74) is 2.61. The molecular formula is C19H13BrFN3O2S. The Kier molecular flexibility index (Phi) is 4.75. The van der Waals surface area contributed by atoms with E-state index < -0.39 is 11.7 Å². The first-order valence-electron chi connectivity index (χ1n) is 8.11. The molecule has 0 spiro atoms. The molecule has 0 saturated carbocycles. The lowest BCUT2D eigenvalue weighted by molar-refractivity contribution is -0.123. The van der Waals surface area contributed by atoms with Crippen LogP contribution in [-0.4, -0.2) is 16.8 Å². The van der Waals surface area contributed by atoms with E-state index >= 15 is 0 Å². The zero-order valence-corrected chi connectivity index (χ0v) is 16.2. The molecule has 1 aromatic heterocycles. The van der Waals surface area contributed by atoms with Crippen LogP contribution in [0.2, 0.25) is 0 Å². The van der Waals surface area contributed by atoms with Crippen molar-refractivity contribution in [2.75, 3.05) is 10.6 Å². The smallest absolute Gasteiger partial charge is 0.234 e. The molecule has 1 aliphatic rings. The molecule has 0 saturated heterocycles. The second-order valence-corrected chi connectivity index (χ2v) is 7.85. The molecule has 8 heteroatoms. The number of nitrogens with one attached hydrogen (secondary N) is 2. The molecule has 2 aromatic carbocycles. The second kappa shape index (κ2) is 7.21. The number of carbonyl (C=O) groups is 2. The molecule has 2 amide bonds. The lowest BCUT2D eigenvalue weighted by atomic mass is 9.90. The van der Waals surface area contributed by atoms with Crippen LogP contribution in [0.1, 0.15) is 17.9 Å². The second-order valence-electron chi connectivity index (χ2n) is 6.07. The van der Waals surface area contributed by atoms with Gasteiger partial charge in [-0.1, -0.05) is 34.1 Å². The number of benzene rings is 2. The van der Waals surface area contributed by atoms with Gasteiger partial charge in [-0.15, -0.1) is 11.3 Å². The predicted molar refractivity (Wildman–Crippen MR) is 106 cm³/mol. The van der Waals surface area contributed by atoms with E-state index in [2.05, 4.69) is 31.5 Å². The number of hydrogen-bond acceptors (Lipinski definition) is 4. The number of anilines is 2. The Morgan fingerprint density at radius 1 is 1.30 bits per heavy atom. The molecule has 1 atom stereocenters. The number of amides is 2. The van der Waals surface area contributed by atoms with Crippen molar-refractivity contribution in [3.05, 3.63) is 63.7 Å². The molecule has 4 rings (SSSR count). The Balaban J connectivity index is 1.56. The Labute approximate surface area is 166 Å². The number of nitrogens with zero attached hydrogens (tertiary/aromatic N) is 1. The van der Waals surface area contributed by atoms with Gasteiger partial charge in [-0.05, 0) is 29.8 Å². The van der Waals surface area contributed by atoms with Crippen LogP contribution in [0.4, 0.5) is 15.2 Å². The van der Waals surface area contributed by atoms with Crippen LogP contribution in [-0.2, 0) is 9.59 Å². The van der Waals surface area contributed by atoms with Crippen LogP contribution in [0.3, 0.4) is 0 Å². The monoisotopic (exact) mass is 445 g/mol. The highest BCUT2D eigenvalue weighted by atomic mass is 79.9. The van der Waals surface area contributed by atoms with Gasteiger partial charge in [0.2, 0.25) is 11.8 Å². The van der Waals surface area contributed by atoms with Gasteiger partial charge in [0.15, 0.2) is 5.13 Å². The van der Waals surface area contributed by atoms with Crippen molar-refractivity contribution in [2.45, 2.75) is 12.3 Å². The Morgan fingerprint density at radius 3 is 2.96 bits per heavy atom. The predicted octanol–water partition coefficient (Wildman–Crippen LogP) is 4.78. The number of aromatic nitrogens is 1. The van der Waals surface area contributed by atoms with Gasteiger partial charge in [0.1, 0.15) is 5.82 Å². The van der Waals surface area contributed by atoms with Crippen molar-refractivity contribution in [2.24, 2.45) is 0 Å². The first kappa shape index (κ1) is 17.8. The molecule has 0 bridgehead atoms. The van der Waals surface area contributed by atoms with Gasteiger partial charge in [-0.25, -0.2) is 9.37 Å². The third kappa shape index (κ3) is 3.77. The van der Waals surface area contributed by atoms with Gasteiger partial charge < -0.3 is 10.6 Å². The van der Waals surface area contributed by atoms with Gasteiger partial charge in [-0.2, -0.15) is 0 Å². The average Bonchev–Trinajstić information content (AvgIpc) is 3.09. The van der Waals surface area contributed by atoms with E-state index in [9.17, 15) is 14.0 Å². The van der Waals surface area contributed by atoms with E-state index in [1.165, 1.54) is 29.5 Å². The standard InChI is InChI=1S/C19H13BrFN3O2S/c20-11-3-1-2-10(6-11)16-9-27-19(23-16)24-18(26)14-8-17(25)22-15-7-12(21)4-5-13(14)15/h1-7,9,14H,8H2,(H,22,25)(H,23,24,26). The quantitative estimate of drug-likeness (QED) is 0.609. The summed E-state index contributed by atoms with van der Waals surface area (Å²) in [5, 5.41) is 7.68. The molecule has 5 nitrogen and oxygen atoms in total. The lowest BCUT2D eigenvalue weighted by Crippen LogP contribution is -2.30. The molecule has 1 unspecified atom stereocenters. The minimum Gasteiger partial charge on any atom is -0.326 e. The van der Waals surface area contributed by atoms with Crippen LogP contribution in [0.15, 0.2) is 52.3 Å². The average molecular weight is 446 g/mol. The summed E-state index contributed by atoms with van der Waals surface area (Å²) >= 11 is 4.73. The highest BCUT2D eigenvalue weighted by Gasteiger charge is 2.31. The first-order valence-corrected chi connectivity index (χ1v) is 9.78. The Bertz CT molecular complexity index is 1050. The number of halogens is 2. The molecule has 0 aliphatic carbocycles. The number of rotatable bonds is 3. The first-order chi connectivity index (χ1) is 13.0. The van der Waals surface area contributed by atoms with Gasteiger partial charge in [0.05, 0.1) is 11.6 Å². The largest absolute Gasteiger partial charge is 0.326 e. The van der Waals surface area contributed by atoms with Crippen LogP contribution in [0.25, 0.3) is 11.3 Å². The van der Waals surface area contributed by atoms with E-state index in [1.54, 1.807) is 0 Å². The van der Waals surface area contributed by atoms with Gasteiger partial charge in [0, 0.05) is 27.5 Å². The maximum absolute atomic E-state index is 13.4. The van der Waals surface area contributed by atoms with Crippen molar-refractivity contribution in [3.8, 4) is 11.3 Å². The molecule has 2 heterocycles. The minimum atomic E-state index is -0.687. The van der Waals surface area contributed by atoms with Crippen LogP contribution in [0.5, 0.6) is 0 Å². The van der Waals surface area contributed by atoms with E-state index in [1.807, 2.05) is 29.6 Å². The molecule has 0 fully saturated rings. The third-order valence-electron chi connectivity index (χ3n) is 4.23. The summed E-state index contributed by atoms with van der Waals surface area (Å²) in [4.78, 5) is 29.1. The molecule has 1 aliphatic heterocycles. The minimum absolute atomic E-state index is 0.00826. The molecule has 2 N–H and O–H groups in total. The molecule has 136 valence electrons. The topological polar surface area (TPSA) is 71.1 Å². The van der Waals surface area contributed by atoms with E-state index in [0.29, 0.717) is 16.4 Å². The fourth-order valence-electron chi connectivity index (χ4n) is 2.98. The van der Waals surface area contributed by atoms with Crippen LogP contribution >= 0.6 is 27.3 Å². The number of fused-ring (bicyclic) bond motifs is 1. The Morgan fingerprint density at radius 2 is 2.15 bits per heavy atom. The van der Waals surface area contributed by atoms with Gasteiger partial charge in [0.25, 0.3) is 0 Å². The fraction of sp³-hybridized carbons (Fsp3) is 0.105. The normalized spacial score (nSPS) is 15.8.